The number of primary amides is 1. The summed E-state index contributed by atoms with van der Waals surface area (Å²) in [6, 6.07) is 4.12. The molecule has 5 heteroatoms. The highest BCUT2D eigenvalue weighted by Gasteiger charge is 2.06. The van der Waals surface area contributed by atoms with Crippen LogP contribution in [0, 0.1) is 0 Å². The highest BCUT2D eigenvalue weighted by Crippen LogP contribution is 2.20. The van der Waals surface area contributed by atoms with Gasteiger partial charge in [0.1, 0.15) is 5.75 Å². The average molecular weight is 314 g/mol. The lowest BCUT2D eigenvalue weighted by Crippen LogP contribution is -2.10. The molecule has 0 aliphatic rings. The number of amides is 1. The highest BCUT2D eigenvalue weighted by atomic mass is 35.5. The number of aliphatic hydroxyl groups excluding tert-OH is 1. The van der Waals surface area contributed by atoms with Gasteiger partial charge in [-0.1, -0.05) is 50.8 Å². The molecule has 0 radical (unpaired) electrons. The summed E-state index contributed by atoms with van der Waals surface area (Å²) in [5, 5.41) is 18.1. The maximum atomic E-state index is 10.6. The van der Waals surface area contributed by atoms with Gasteiger partial charge in [0.2, 0.25) is 0 Å². The maximum absolute atomic E-state index is 10.6. The number of aromatic hydroxyl groups is 1. The van der Waals surface area contributed by atoms with Crippen LogP contribution in [-0.4, -0.2) is 16.1 Å². The number of rotatable bonds is 7. The van der Waals surface area contributed by atoms with Crippen LogP contribution in [0.1, 0.15) is 55.8 Å². The van der Waals surface area contributed by atoms with Gasteiger partial charge in [0, 0.05) is 11.4 Å². The van der Waals surface area contributed by atoms with Crippen LogP contribution in [0.25, 0.3) is 0 Å². The van der Waals surface area contributed by atoms with E-state index < -0.39 is 5.91 Å². The topological polar surface area (TPSA) is 83.5 Å². The average Bonchev–Trinajstić information content (AvgIpc) is 2.41. The van der Waals surface area contributed by atoms with Gasteiger partial charge in [-0.3, -0.25) is 4.79 Å². The van der Waals surface area contributed by atoms with Crippen molar-refractivity contribution in [2.45, 2.75) is 45.4 Å². The fraction of sp³-hybridized carbons (Fsp3) is 0.438. The van der Waals surface area contributed by atoms with E-state index in [4.69, 9.17) is 27.5 Å². The third kappa shape index (κ3) is 9.79. The van der Waals surface area contributed by atoms with Crippen LogP contribution in [0.3, 0.4) is 0 Å². The van der Waals surface area contributed by atoms with Crippen LogP contribution in [0.2, 0.25) is 5.02 Å². The Labute approximate surface area is 131 Å². The minimum Gasteiger partial charge on any atom is -0.513 e. The van der Waals surface area contributed by atoms with E-state index in [0.717, 1.165) is 12.8 Å². The Morgan fingerprint density at radius 2 is 1.90 bits per heavy atom. The molecule has 0 fully saturated rings. The van der Waals surface area contributed by atoms with Crippen LogP contribution in [-0.2, 0) is 0 Å². The molecular formula is C16H24ClNO3. The van der Waals surface area contributed by atoms with Gasteiger partial charge < -0.3 is 15.9 Å². The quantitative estimate of drug-likeness (QED) is 0.509. The Hall–Kier alpha value is -1.68. The number of nitrogens with two attached hydrogens (primary N) is 1. The van der Waals surface area contributed by atoms with E-state index in [2.05, 4.69) is 13.5 Å². The summed E-state index contributed by atoms with van der Waals surface area (Å²) >= 11 is 5.54. The Morgan fingerprint density at radius 1 is 1.29 bits per heavy atom. The van der Waals surface area contributed by atoms with E-state index in [9.17, 15) is 4.79 Å². The first kappa shape index (κ1) is 19.3. The molecule has 0 saturated heterocycles. The van der Waals surface area contributed by atoms with Crippen molar-refractivity contribution in [3.63, 3.8) is 0 Å². The Kier molecular flexibility index (Phi) is 10.1. The molecule has 1 aromatic carbocycles. The van der Waals surface area contributed by atoms with Crippen molar-refractivity contribution in [1.82, 2.24) is 0 Å². The van der Waals surface area contributed by atoms with Gasteiger partial charge in [0.05, 0.1) is 11.3 Å². The first-order chi connectivity index (χ1) is 9.88. The molecule has 0 aliphatic carbocycles. The lowest BCUT2D eigenvalue weighted by Gasteiger charge is -1.98. The summed E-state index contributed by atoms with van der Waals surface area (Å²) in [7, 11) is 0. The van der Waals surface area contributed by atoms with Gasteiger partial charge in [-0.15, -0.1) is 0 Å². The Morgan fingerprint density at radius 3 is 2.38 bits per heavy atom. The van der Waals surface area contributed by atoms with Gasteiger partial charge in [-0.25, -0.2) is 0 Å². The maximum Gasteiger partial charge on any atom is 0.252 e. The molecule has 1 rings (SSSR count). The molecule has 0 aromatic heterocycles. The number of hydrogen-bond acceptors (Lipinski definition) is 3. The molecule has 0 saturated carbocycles. The number of unbranched alkanes of at least 4 members (excludes halogenated alkanes) is 4. The molecule has 4 nitrogen and oxygen atoms in total. The molecule has 0 spiro atoms. The number of halogens is 1. The molecule has 21 heavy (non-hydrogen) atoms. The number of phenols is 1. The predicted octanol–water partition coefficient (Wildman–Crippen LogP) is 4.56. The van der Waals surface area contributed by atoms with E-state index in [-0.39, 0.29) is 11.3 Å². The molecule has 0 unspecified atom stereocenters. The lowest BCUT2D eigenvalue weighted by molar-refractivity contribution is 0.0998. The second-order valence-electron chi connectivity index (χ2n) is 4.76. The van der Waals surface area contributed by atoms with Gasteiger partial charge in [-0.2, -0.15) is 0 Å². The first-order valence-electron chi connectivity index (χ1n) is 7.03. The summed E-state index contributed by atoms with van der Waals surface area (Å²) in [5.41, 5.74) is 4.97. The van der Waals surface area contributed by atoms with Crippen LogP contribution in [0.5, 0.6) is 5.75 Å². The zero-order chi connectivity index (χ0) is 16.3. The SMILES string of the molecule is C=C(O)CCCCCCC.NC(=O)c1cc(Cl)ccc1O. The molecule has 0 aliphatic heterocycles. The lowest BCUT2D eigenvalue weighted by atomic mass is 10.1. The predicted molar refractivity (Wildman–Crippen MR) is 86.8 cm³/mol. The standard InChI is InChI=1S/C9H18O.C7H6ClNO2/c1-3-4-5-6-7-8-9(2)10;8-4-1-2-6(10)5(3-4)7(9)11/h10H,2-8H2,1H3;1-3,10H,(H2,9,11). The number of carbonyl (C=O) groups is 1. The van der Waals surface area contributed by atoms with Crippen molar-refractivity contribution in [2.24, 2.45) is 5.73 Å². The Bertz CT molecular complexity index is 461. The minimum absolute atomic E-state index is 0.0394. The van der Waals surface area contributed by atoms with Gasteiger partial charge >= 0.3 is 0 Å². The summed E-state index contributed by atoms with van der Waals surface area (Å²) < 4.78 is 0. The van der Waals surface area contributed by atoms with Gasteiger partial charge in [-0.05, 0) is 24.6 Å². The zero-order valence-electron chi connectivity index (χ0n) is 12.4. The number of allylic oxidation sites excluding steroid dienone is 1. The van der Waals surface area contributed by atoms with Crippen LogP contribution >= 0.6 is 11.6 Å². The second kappa shape index (κ2) is 11.0. The first-order valence-corrected chi connectivity index (χ1v) is 7.41. The molecule has 1 amide bonds. The van der Waals surface area contributed by atoms with E-state index >= 15 is 0 Å². The van der Waals surface area contributed by atoms with E-state index in [1.807, 2.05) is 0 Å². The van der Waals surface area contributed by atoms with Crippen molar-refractivity contribution in [3.8, 4) is 5.75 Å². The second-order valence-corrected chi connectivity index (χ2v) is 5.19. The van der Waals surface area contributed by atoms with Crippen LogP contribution < -0.4 is 5.73 Å². The monoisotopic (exact) mass is 313 g/mol. The summed E-state index contributed by atoms with van der Waals surface area (Å²) in [6.45, 7) is 5.63. The summed E-state index contributed by atoms with van der Waals surface area (Å²) in [5.74, 6) is -0.511. The fourth-order valence-corrected chi connectivity index (χ4v) is 1.81. The molecule has 4 N–H and O–H groups in total. The summed E-state index contributed by atoms with van der Waals surface area (Å²) in [6.07, 6.45) is 6.99. The number of aliphatic hydroxyl groups is 1. The molecule has 0 heterocycles. The zero-order valence-corrected chi connectivity index (χ0v) is 13.2. The molecule has 1 aromatic rings. The van der Waals surface area contributed by atoms with Crippen LogP contribution in [0.15, 0.2) is 30.5 Å². The molecule has 0 bridgehead atoms. The van der Waals surface area contributed by atoms with Crippen molar-refractivity contribution in [1.29, 1.82) is 0 Å². The van der Waals surface area contributed by atoms with Crippen molar-refractivity contribution in [2.75, 3.05) is 0 Å². The number of carbonyl (C=O) groups excluding carboxylic acids is 1. The van der Waals surface area contributed by atoms with Crippen molar-refractivity contribution >= 4 is 17.5 Å². The third-order valence-electron chi connectivity index (χ3n) is 2.79. The number of benzene rings is 1. The largest absolute Gasteiger partial charge is 0.513 e. The van der Waals surface area contributed by atoms with Crippen molar-refractivity contribution < 1.29 is 15.0 Å². The molecule has 118 valence electrons. The smallest absolute Gasteiger partial charge is 0.252 e. The van der Waals surface area contributed by atoms with Crippen molar-refractivity contribution in [3.05, 3.63) is 41.1 Å². The fourth-order valence-electron chi connectivity index (χ4n) is 1.64. The van der Waals surface area contributed by atoms with Gasteiger partial charge in [0.15, 0.2) is 0 Å². The normalized spacial score (nSPS) is 9.62. The van der Waals surface area contributed by atoms with Crippen LogP contribution in [0.4, 0.5) is 0 Å². The van der Waals surface area contributed by atoms with E-state index in [1.165, 1.54) is 43.9 Å². The molecule has 0 atom stereocenters. The van der Waals surface area contributed by atoms with E-state index in [1.54, 1.807) is 0 Å². The third-order valence-corrected chi connectivity index (χ3v) is 3.03. The Balaban J connectivity index is 0.000000384. The summed E-state index contributed by atoms with van der Waals surface area (Å²) in [4.78, 5) is 10.6. The highest BCUT2D eigenvalue weighted by molar-refractivity contribution is 6.31. The van der Waals surface area contributed by atoms with Gasteiger partial charge in [0.25, 0.3) is 5.91 Å². The van der Waals surface area contributed by atoms with E-state index in [0.29, 0.717) is 10.8 Å². The molecular weight excluding hydrogens is 290 g/mol. The number of hydrogen-bond donors (Lipinski definition) is 3. The minimum atomic E-state index is -0.690.